The third kappa shape index (κ3) is 4.20. The molecule has 1 fully saturated rings. The molecule has 0 saturated carbocycles. The lowest BCUT2D eigenvalue weighted by molar-refractivity contribution is 0.121. The van der Waals surface area contributed by atoms with Crippen molar-refractivity contribution in [3.8, 4) is 0 Å². The van der Waals surface area contributed by atoms with E-state index < -0.39 is 0 Å². The van der Waals surface area contributed by atoms with Crippen LogP contribution in [-0.2, 0) is 0 Å². The summed E-state index contributed by atoms with van der Waals surface area (Å²) in [5.41, 5.74) is 7.46. The number of piperidine rings is 1. The monoisotopic (exact) mass is 280 g/mol. The van der Waals surface area contributed by atoms with Gasteiger partial charge in [0.2, 0.25) is 0 Å². The van der Waals surface area contributed by atoms with Gasteiger partial charge in [0.25, 0.3) is 0 Å². The van der Waals surface area contributed by atoms with Gasteiger partial charge in [-0.15, -0.1) is 0 Å². The number of nitrogens with two attached hydrogens (primary N) is 1. The Balaban J connectivity index is 1.85. The molecule has 0 spiro atoms. The smallest absolute Gasteiger partial charge is 0.0406 e. The molecule has 3 atom stereocenters. The number of hydrogen-bond acceptors (Lipinski definition) is 2. The number of hydrogen-bond donors (Lipinski definition) is 1. The lowest BCUT2D eigenvalue weighted by Gasteiger charge is -2.37. The molecule has 0 bridgehead atoms. The minimum Gasteiger partial charge on any atom is -0.324 e. The lowest BCUT2D eigenvalue weighted by Crippen LogP contribution is -2.42. The SMILES string of the molecule is CC1CCC(C)N(CCC(N)c2ccc(Cl)cc2)C1. The standard InChI is InChI=1S/C16H25ClN2/c1-12-3-4-13(2)19(11-12)10-9-16(18)14-5-7-15(17)8-6-14/h5-8,12-13,16H,3-4,9-11,18H2,1-2H3. The van der Waals surface area contributed by atoms with E-state index in [4.69, 9.17) is 17.3 Å². The number of benzene rings is 1. The van der Waals surface area contributed by atoms with Gasteiger partial charge in [-0.25, -0.2) is 0 Å². The molecule has 2 rings (SSSR count). The fourth-order valence-corrected chi connectivity index (χ4v) is 3.00. The molecular weight excluding hydrogens is 256 g/mol. The molecular formula is C16H25ClN2. The molecule has 1 saturated heterocycles. The van der Waals surface area contributed by atoms with E-state index in [1.165, 1.54) is 24.9 Å². The van der Waals surface area contributed by atoms with Crippen molar-refractivity contribution >= 4 is 11.6 Å². The summed E-state index contributed by atoms with van der Waals surface area (Å²) in [6, 6.07) is 8.73. The minimum atomic E-state index is 0.113. The molecule has 0 radical (unpaired) electrons. The first-order chi connectivity index (χ1) is 9.06. The number of likely N-dealkylation sites (tertiary alicyclic amines) is 1. The Morgan fingerprint density at radius 1 is 1.26 bits per heavy atom. The highest BCUT2D eigenvalue weighted by Crippen LogP contribution is 2.23. The van der Waals surface area contributed by atoms with Crippen molar-refractivity contribution < 1.29 is 0 Å². The first-order valence-electron chi connectivity index (χ1n) is 7.31. The molecule has 3 unspecified atom stereocenters. The van der Waals surface area contributed by atoms with Crippen molar-refractivity contribution in [2.24, 2.45) is 11.7 Å². The summed E-state index contributed by atoms with van der Waals surface area (Å²) in [7, 11) is 0. The molecule has 0 aliphatic carbocycles. The van der Waals surface area contributed by atoms with Crippen molar-refractivity contribution in [2.45, 2.75) is 45.2 Å². The first kappa shape index (κ1) is 14.8. The zero-order chi connectivity index (χ0) is 13.8. The van der Waals surface area contributed by atoms with Crippen LogP contribution in [-0.4, -0.2) is 24.0 Å². The van der Waals surface area contributed by atoms with Crippen LogP contribution >= 0.6 is 11.6 Å². The Morgan fingerprint density at radius 3 is 2.63 bits per heavy atom. The van der Waals surface area contributed by atoms with Gasteiger partial charge in [0.1, 0.15) is 0 Å². The maximum absolute atomic E-state index is 6.27. The summed E-state index contributed by atoms with van der Waals surface area (Å²) in [5, 5.41) is 0.773. The maximum Gasteiger partial charge on any atom is 0.0406 e. The molecule has 0 aromatic heterocycles. The minimum absolute atomic E-state index is 0.113. The van der Waals surface area contributed by atoms with E-state index in [-0.39, 0.29) is 6.04 Å². The summed E-state index contributed by atoms with van der Waals surface area (Å²) >= 11 is 5.90. The Kier molecular flexibility index (Phi) is 5.26. The van der Waals surface area contributed by atoms with Gasteiger partial charge < -0.3 is 10.6 Å². The van der Waals surface area contributed by atoms with Crippen LogP contribution in [0, 0.1) is 5.92 Å². The van der Waals surface area contributed by atoms with Crippen LogP contribution in [0.2, 0.25) is 5.02 Å². The van der Waals surface area contributed by atoms with Crippen molar-refractivity contribution in [3.05, 3.63) is 34.9 Å². The fraction of sp³-hybridized carbons (Fsp3) is 0.625. The van der Waals surface area contributed by atoms with E-state index in [2.05, 4.69) is 18.7 Å². The van der Waals surface area contributed by atoms with Gasteiger partial charge in [0.05, 0.1) is 0 Å². The third-order valence-electron chi connectivity index (χ3n) is 4.27. The quantitative estimate of drug-likeness (QED) is 0.908. The zero-order valence-corrected chi connectivity index (χ0v) is 12.7. The summed E-state index contributed by atoms with van der Waals surface area (Å²) in [6.45, 7) is 6.99. The molecule has 3 heteroatoms. The van der Waals surface area contributed by atoms with Crippen molar-refractivity contribution in [3.63, 3.8) is 0 Å². The van der Waals surface area contributed by atoms with E-state index in [1.807, 2.05) is 24.3 Å². The summed E-state index contributed by atoms with van der Waals surface area (Å²) in [4.78, 5) is 2.59. The largest absolute Gasteiger partial charge is 0.324 e. The van der Waals surface area contributed by atoms with Gasteiger partial charge in [-0.1, -0.05) is 30.7 Å². The Morgan fingerprint density at radius 2 is 1.95 bits per heavy atom. The van der Waals surface area contributed by atoms with E-state index in [1.54, 1.807) is 0 Å². The highest BCUT2D eigenvalue weighted by molar-refractivity contribution is 6.30. The lowest BCUT2D eigenvalue weighted by atomic mass is 9.94. The predicted molar refractivity (Wildman–Crippen MR) is 82.4 cm³/mol. The van der Waals surface area contributed by atoms with E-state index in [0.29, 0.717) is 6.04 Å². The molecule has 19 heavy (non-hydrogen) atoms. The number of halogens is 1. The second kappa shape index (κ2) is 6.74. The van der Waals surface area contributed by atoms with E-state index in [0.717, 1.165) is 23.9 Å². The molecule has 2 N–H and O–H groups in total. The van der Waals surface area contributed by atoms with Crippen molar-refractivity contribution in [1.82, 2.24) is 4.90 Å². The van der Waals surface area contributed by atoms with Gasteiger partial charge in [0, 0.05) is 30.2 Å². The van der Waals surface area contributed by atoms with E-state index >= 15 is 0 Å². The van der Waals surface area contributed by atoms with Crippen LogP contribution in [0.5, 0.6) is 0 Å². The van der Waals surface area contributed by atoms with Crippen LogP contribution in [0.3, 0.4) is 0 Å². The first-order valence-corrected chi connectivity index (χ1v) is 7.69. The molecule has 1 aromatic rings. The average molecular weight is 281 g/mol. The van der Waals surface area contributed by atoms with Crippen LogP contribution in [0.25, 0.3) is 0 Å². The third-order valence-corrected chi connectivity index (χ3v) is 4.52. The molecule has 1 aromatic carbocycles. The van der Waals surface area contributed by atoms with Crippen LogP contribution < -0.4 is 5.73 Å². The van der Waals surface area contributed by atoms with Gasteiger partial charge in [0.15, 0.2) is 0 Å². The Bertz CT molecular complexity index is 390. The normalized spacial score (nSPS) is 26.3. The topological polar surface area (TPSA) is 29.3 Å². The molecule has 1 aliphatic heterocycles. The summed E-state index contributed by atoms with van der Waals surface area (Å²) in [5.74, 6) is 0.822. The number of rotatable bonds is 4. The highest BCUT2D eigenvalue weighted by Gasteiger charge is 2.22. The molecule has 1 aliphatic rings. The Hall–Kier alpha value is -0.570. The second-order valence-electron chi connectivity index (χ2n) is 5.97. The highest BCUT2D eigenvalue weighted by atomic mass is 35.5. The predicted octanol–water partition coefficient (Wildman–Crippen LogP) is 3.85. The number of nitrogens with zero attached hydrogens (tertiary/aromatic N) is 1. The van der Waals surface area contributed by atoms with Crippen LogP contribution in [0.15, 0.2) is 24.3 Å². The Labute approximate surface area is 121 Å². The maximum atomic E-state index is 6.27. The van der Waals surface area contributed by atoms with Crippen molar-refractivity contribution in [1.29, 1.82) is 0 Å². The van der Waals surface area contributed by atoms with Crippen LogP contribution in [0.1, 0.15) is 44.7 Å². The average Bonchev–Trinajstić information content (AvgIpc) is 2.40. The second-order valence-corrected chi connectivity index (χ2v) is 6.41. The summed E-state index contributed by atoms with van der Waals surface area (Å²) < 4.78 is 0. The van der Waals surface area contributed by atoms with Gasteiger partial charge in [-0.2, -0.15) is 0 Å². The molecule has 0 amide bonds. The zero-order valence-electron chi connectivity index (χ0n) is 12.0. The van der Waals surface area contributed by atoms with Gasteiger partial charge in [-0.05, 0) is 49.8 Å². The summed E-state index contributed by atoms with van der Waals surface area (Å²) in [6.07, 6.45) is 3.69. The molecule has 2 nitrogen and oxygen atoms in total. The van der Waals surface area contributed by atoms with E-state index in [9.17, 15) is 0 Å². The van der Waals surface area contributed by atoms with Crippen molar-refractivity contribution in [2.75, 3.05) is 13.1 Å². The van der Waals surface area contributed by atoms with Gasteiger partial charge in [-0.3, -0.25) is 0 Å². The molecule has 1 heterocycles. The molecule has 106 valence electrons. The fourth-order valence-electron chi connectivity index (χ4n) is 2.87. The van der Waals surface area contributed by atoms with Gasteiger partial charge >= 0.3 is 0 Å². The van der Waals surface area contributed by atoms with Crippen LogP contribution in [0.4, 0.5) is 0 Å².